The first-order valence-electron chi connectivity index (χ1n) is 6.39. The van der Waals surface area contributed by atoms with Crippen LogP contribution in [0, 0.1) is 0 Å². The van der Waals surface area contributed by atoms with Gasteiger partial charge in [-0.2, -0.15) is 0 Å². The molecule has 3 N–H and O–H groups in total. The van der Waals surface area contributed by atoms with Crippen molar-refractivity contribution in [2.24, 2.45) is 14.1 Å². The van der Waals surface area contributed by atoms with Gasteiger partial charge in [-0.1, -0.05) is 20.8 Å². The van der Waals surface area contributed by atoms with Crippen LogP contribution in [0.25, 0.3) is 0 Å². The summed E-state index contributed by atoms with van der Waals surface area (Å²) in [5.74, 6) is 0.0665. The maximum atomic E-state index is 12.1. The summed E-state index contributed by atoms with van der Waals surface area (Å²) in [5.41, 5.74) is 7.63. The summed E-state index contributed by atoms with van der Waals surface area (Å²) < 4.78 is 7.97. The van der Waals surface area contributed by atoms with Crippen LogP contribution in [0.5, 0.6) is 0 Å². The number of nitrogen functional groups attached to an aromatic ring is 1. The van der Waals surface area contributed by atoms with Gasteiger partial charge in [-0.25, -0.2) is 4.79 Å². The van der Waals surface area contributed by atoms with Gasteiger partial charge in [0.1, 0.15) is 5.82 Å². The lowest BCUT2D eigenvalue weighted by molar-refractivity contribution is 0.364. The quantitative estimate of drug-likeness (QED) is 0.642. The van der Waals surface area contributed by atoms with Crippen molar-refractivity contribution in [2.75, 3.05) is 11.2 Å². The normalized spacial score (nSPS) is 12.6. The molecule has 114 valence electrons. The highest BCUT2D eigenvalue weighted by molar-refractivity contribution is 6.74. The van der Waals surface area contributed by atoms with Gasteiger partial charge >= 0.3 is 5.69 Å². The summed E-state index contributed by atoms with van der Waals surface area (Å²) in [4.78, 5) is 23.8. The average Bonchev–Trinajstić information content (AvgIpc) is 2.32. The number of hydrogen-bond donors (Lipinski definition) is 2. The van der Waals surface area contributed by atoms with Gasteiger partial charge in [0, 0.05) is 14.1 Å². The van der Waals surface area contributed by atoms with Crippen LogP contribution in [-0.4, -0.2) is 17.5 Å². The van der Waals surface area contributed by atoms with Crippen LogP contribution in [0.1, 0.15) is 20.8 Å². The summed E-state index contributed by atoms with van der Waals surface area (Å²) in [6, 6.07) is 0. The zero-order valence-electron chi connectivity index (χ0n) is 13.2. The van der Waals surface area contributed by atoms with Crippen molar-refractivity contribution in [1.29, 1.82) is 0 Å². The minimum absolute atomic E-state index is 0.0132. The summed E-state index contributed by atoms with van der Waals surface area (Å²) in [6.07, 6.45) is 0. The molecule has 0 bridgehead atoms. The topological polar surface area (TPSA) is 91.3 Å². The predicted octanol–water partition coefficient (Wildman–Crippen LogP) is 1.01. The van der Waals surface area contributed by atoms with Gasteiger partial charge in [-0.3, -0.25) is 19.4 Å². The van der Waals surface area contributed by atoms with Gasteiger partial charge in [-0.05, 0) is 18.1 Å². The Morgan fingerprint density at radius 2 is 1.65 bits per heavy atom. The molecule has 0 atom stereocenters. The first-order valence-corrected chi connectivity index (χ1v) is 9.30. The Bertz CT molecular complexity index is 625. The zero-order valence-corrected chi connectivity index (χ0v) is 14.2. The van der Waals surface area contributed by atoms with Crippen molar-refractivity contribution >= 4 is 19.8 Å². The molecule has 0 aliphatic heterocycles. The molecule has 20 heavy (non-hydrogen) atoms. The maximum Gasteiger partial charge on any atom is 0.332 e. The van der Waals surface area contributed by atoms with Gasteiger partial charge in [0.25, 0.3) is 5.56 Å². The van der Waals surface area contributed by atoms with Crippen molar-refractivity contribution in [1.82, 2.24) is 9.13 Å². The summed E-state index contributed by atoms with van der Waals surface area (Å²) in [5, 5.41) is -0.0132. The van der Waals surface area contributed by atoms with Crippen LogP contribution in [0.4, 0.5) is 11.5 Å². The Morgan fingerprint density at radius 1 is 1.15 bits per heavy atom. The van der Waals surface area contributed by atoms with Crippen molar-refractivity contribution in [2.45, 2.75) is 38.9 Å². The fourth-order valence-corrected chi connectivity index (χ4v) is 1.95. The second-order valence-electron chi connectivity index (χ2n) is 6.43. The zero-order chi connectivity index (χ0) is 15.9. The summed E-state index contributed by atoms with van der Waals surface area (Å²) >= 11 is 0. The highest BCUT2D eigenvalue weighted by atomic mass is 28.4. The fourth-order valence-electron chi connectivity index (χ4n) is 1.29. The molecule has 1 rings (SSSR count). The van der Waals surface area contributed by atoms with Gasteiger partial charge in [-0.15, -0.1) is 0 Å². The standard InChI is InChI=1S/C12H24N4O3Si/c1-12(2,3)20(6,7)19-14-8-9(13)15(4)11(18)16(5)10(8)17/h14H,13H2,1-7H3. The molecule has 0 fully saturated rings. The van der Waals surface area contributed by atoms with Crippen molar-refractivity contribution in [3.63, 3.8) is 0 Å². The highest BCUT2D eigenvalue weighted by Crippen LogP contribution is 2.36. The molecule has 0 saturated carbocycles. The lowest BCUT2D eigenvalue weighted by atomic mass is 10.2. The minimum atomic E-state index is -2.08. The molecule has 0 amide bonds. The Labute approximate surface area is 119 Å². The summed E-state index contributed by atoms with van der Waals surface area (Å²) in [6.45, 7) is 10.3. The van der Waals surface area contributed by atoms with E-state index in [-0.39, 0.29) is 16.5 Å². The average molecular weight is 300 g/mol. The van der Waals surface area contributed by atoms with E-state index in [9.17, 15) is 9.59 Å². The number of nitrogens with two attached hydrogens (primary N) is 1. The molecule has 0 saturated heterocycles. The third kappa shape index (κ3) is 2.80. The van der Waals surface area contributed by atoms with E-state index in [2.05, 4.69) is 26.3 Å². The minimum Gasteiger partial charge on any atom is -0.383 e. The molecule has 0 aliphatic rings. The van der Waals surface area contributed by atoms with Crippen LogP contribution in [0.2, 0.25) is 18.1 Å². The van der Waals surface area contributed by atoms with Crippen molar-refractivity contribution < 1.29 is 4.53 Å². The van der Waals surface area contributed by atoms with E-state index in [1.165, 1.54) is 18.7 Å². The number of nitrogens with one attached hydrogen (secondary N) is 1. The highest BCUT2D eigenvalue weighted by Gasteiger charge is 2.38. The van der Waals surface area contributed by atoms with Gasteiger partial charge < -0.3 is 10.3 Å². The second-order valence-corrected chi connectivity index (χ2v) is 11.2. The molecule has 1 aromatic rings. The molecule has 0 aliphatic carbocycles. The van der Waals surface area contributed by atoms with Crippen LogP contribution < -0.4 is 22.5 Å². The number of rotatable bonds is 3. The molecule has 7 nitrogen and oxygen atoms in total. The first-order chi connectivity index (χ1) is 8.90. The Balaban J connectivity index is 3.20. The fraction of sp³-hybridized carbons (Fsp3) is 0.667. The Hall–Kier alpha value is -1.54. The molecule has 8 heteroatoms. The predicted molar refractivity (Wildman–Crippen MR) is 83.2 cm³/mol. The van der Waals surface area contributed by atoms with Crippen molar-refractivity contribution in [3.8, 4) is 0 Å². The molecule has 0 radical (unpaired) electrons. The molecule has 0 aromatic carbocycles. The van der Waals surface area contributed by atoms with Crippen LogP contribution in [-0.2, 0) is 18.6 Å². The largest absolute Gasteiger partial charge is 0.383 e. The lowest BCUT2D eigenvalue weighted by Crippen LogP contribution is -2.45. The Morgan fingerprint density at radius 3 is 2.10 bits per heavy atom. The van der Waals surface area contributed by atoms with E-state index < -0.39 is 19.6 Å². The summed E-state index contributed by atoms with van der Waals surface area (Å²) in [7, 11) is 0.829. The van der Waals surface area contributed by atoms with Crippen LogP contribution in [0.3, 0.4) is 0 Å². The monoisotopic (exact) mass is 300 g/mol. The molecule has 1 aromatic heterocycles. The third-order valence-electron chi connectivity index (χ3n) is 3.92. The molecule has 0 spiro atoms. The molecule has 0 unspecified atom stereocenters. The van der Waals surface area contributed by atoms with Crippen molar-refractivity contribution in [3.05, 3.63) is 20.8 Å². The third-order valence-corrected chi connectivity index (χ3v) is 8.15. The van der Waals surface area contributed by atoms with E-state index in [0.717, 1.165) is 4.57 Å². The molecule has 1 heterocycles. The first kappa shape index (κ1) is 16.5. The van der Waals surface area contributed by atoms with E-state index in [1.54, 1.807) is 0 Å². The number of aromatic nitrogens is 2. The molecular formula is C12H24N4O3Si. The van der Waals surface area contributed by atoms with Crippen LogP contribution >= 0.6 is 0 Å². The number of hydrogen-bond acceptors (Lipinski definition) is 5. The van der Waals surface area contributed by atoms with E-state index >= 15 is 0 Å². The number of nitrogens with zero attached hydrogens (tertiary/aromatic N) is 2. The van der Waals surface area contributed by atoms with E-state index in [0.29, 0.717) is 0 Å². The SMILES string of the molecule is Cn1c(N)c(NO[Si](C)(C)C(C)(C)C)c(=O)n(C)c1=O. The number of anilines is 2. The second kappa shape index (κ2) is 5.10. The lowest BCUT2D eigenvalue weighted by Gasteiger charge is -2.35. The van der Waals surface area contributed by atoms with Crippen LogP contribution in [0.15, 0.2) is 9.59 Å². The molecular weight excluding hydrogens is 276 g/mol. The van der Waals surface area contributed by atoms with Gasteiger partial charge in [0.15, 0.2) is 5.69 Å². The van der Waals surface area contributed by atoms with Gasteiger partial charge in [0.05, 0.1) is 0 Å². The smallest absolute Gasteiger partial charge is 0.332 e. The maximum absolute atomic E-state index is 12.1. The van der Waals surface area contributed by atoms with Gasteiger partial charge in [0.2, 0.25) is 8.32 Å². The van der Waals surface area contributed by atoms with E-state index in [1.807, 2.05) is 13.1 Å². The Kier molecular flexibility index (Phi) is 4.21. The van der Waals surface area contributed by atoms with E-state index in [4.69, 9.17) is 10.3 Å².